The number of H-pyrrole nitrogens is 1. The number of nitrogens with zero attached hydrogens (tertiary/aromatic N) is 3. The van der Waals surface area contributed by atoms with Gasteiger partial charge in [-0.25, -0.2) is 9.78 Å². The Morgan fingerprint density at radius 3 is 2.67 bits per heavy atom. The second-order valence-corrected chi connectivity index (χ2v) is 6.77. The molecule has 1 saturated heterocycles. The minimum atomic E-state index is -0.511. The first-order valence-corrected chi connectivity index (χ1v) is 8.93. The molecule has 27 heavy (non-hydrogen) atoms. The molecule has 0 radical (unpaired) electrons. The smallest absolute Gasteiger partial charge is 0.326 e. The average Bonchev–Trinajstić information content (AvgIpc) is 3.05. The lowest BCUT2D eigenvalue weighted by Crippen LogP contribution is -2.27. The first-order chi connectivity index (χ1) is 13.2. The van der Waals surface area contributed by atoms with Crippen molar-refractivity contribution in [1.82, 2.24) is 19.5 Å². The first kappa shape index (κ1) is 16.1. The van der Waals surface area contributed by atoms with Gasteiger partial charge in [-0.05, 0) is 42.7 Å². The zero-order chi connectivity index (χ0) is 18.4. The number of imidazole rings is 1. The van der Waals surface area contributed by atoms with Crippen LogP contribution in [0.4, 0.5) is 4.39 Å². The molecule has 3 aromatic heterocycles. The summed E-state index contributed by atoms with van der Waals surface area (Å²) in [6, 6.07) is 8.97. The van der Waals surface area contributed by atoms with E-state index in [0.29, 0.717) is 18.7 Å². The monoisotopic (exact) mass is 364 g/mol. The summed E-state index contributed by atoms with van der Waals surface area (Å²) in [7, 11) is 0. The number of ether oxygens (including phenoxy) is 1. The van der Waals surface area contributed by atoms with E-state index in [1.165, 1.54) is 12.3 Å². The number of aromatic amines is 1. The van der Waals surface area contributed by atoms with E-state index in [1.807, 2.05) is 22.8 Å². The van der Waals surface area contributed by atoms with E-state index in [0.717, 1.165) is 40.4 Å². The van der Waals surface area contributed by atoms with Gasteiger partial charge in [0.1, 0.15) is 0 Å². The molecule has 1 N–H and O–H groups in total. The van der Waals surface area contributed by atoms with Crippen molar-refractivity contribution in [2.75, 3.05) is 13.2 Å². The highest BCUT2D eigenvalue weighted by atomic mass is 19.1. The van der Waals surface area contributed by atoms with Crippen LogP contribution >= 0.6 is 0 Å². The van der Waals surface area contributed by atoms with Crippen molar-refractivity contribution >= 4 is 21.9 Å². The van der Waals surface area contributed by atoms with E-state index in [4.69, 9.17) is 4.74 Å². The van der Waals surface area contributed by atoms with Crippen molar-refractivity contribution in [1.29, 1.82) is 0 Å². The minimum Gasteiger partial charge on any atom is -0.381 e. The number of hydrogen-bond donors (Lipinski definition) is 1. The average molecular weight is 364 g/mol. The number of aromatic nitrogens is 4. The Kier molecular flexibility index (Phi) is 3.75. The Bertz CT molecular complexity index is 1190. The molecule has 1 aliphatic rings. The maximum atomic E-state index is 13.2. The van der Waals surface area contributed by atoms with Gasteiger partial charge in [0, 0.05) is 36.4 Å². The molecule has 0 amide bonds. The van der Waals surface area contributed by atoms with Crippen molar-refractivity contribution in [3.8, 4) is 11.1 Å². The molecule has 0 unspecified atom stereocenters. The standard InChI is InChI=1S/C20H17FN4O2/c21-18-4-2-13(10-23-18)12-1-3-16-15(9-12)19-17(11-22-16)24-20(26)25(19)14-5-7-27-8-6-14/h1-4,9-11,14H,5-8H2,(H,24,26). The number of benzene rings is 1. The molecule has 5 rings (SSSR count). The van der Waals surface area contributed by atoms with Gasteiger partial charge in [-0.2, -0.15) is 4.39 Å². The normalized spacial score (nSPS) is 15.6. The Morgan fingerprint density at radius 2 is 1.89 bits per heavy atom. The van der Waals surface area contributed by atoms with Crippen LogP contribution in [-0.4, -0.2) is 32.7 Å². The second-order valence-electron chi connectivity index (χ2n) is 6.77. The Hall–Kier alpha value is -3.06. The van der Waals surface area contributed by atoms with Crippen LogP contribution in [0.15, 0.2) is 47.5 Å². The number of rotatable bonds is 2. The highest BCUT2D eigenvalue weighted by molar-refractivity contribution is 6.03. The minimum absolute atomic E-state index is 0.0988. The summed E-state index contributed by atoms with van der Waals surface area (Å²) >= 11 is 0. The lowest BCUT2D eigenvalue weighted by molar-refractivity contribution is 0.0698. The van der Waals surface area contributed by atoms with Crippen LogP contribution in [0.3, 0.4) is 0 Å². The Balaban J connectivity index is 1.76. The van der Waals surface area contributed by atoms with Gasteiger partial charge in [0.2, 0.25) is 5.95 Å². The third-order valence-corrected chi connectivity index (χ3v) is 5.16. The molecular formula is C20H17FN4O2. The Labute approximate surface area is 153 Å². The zero-order valence-corrected chi connectivity index (χ0v) is 14.5. The lowest BCUT2D eigenvalue weighted by Gasteiger charge is -2.23. The highest BCUT2D eigenvalue weighted by Gasteiger charge is 2.22. The van der Waals surface area contributed by atoms with E-state index >= 15 is 0 Å². The van der Waals surface area contributed by atoms with Gasteiger partial charge in [0.15, 0.2) is 0 Å². The van der Waals surface area contributed by atoms with Crippen molar-refractivity contribution in [3.05, 3.63) is 59.2 Å². The summed E-state index contributed by atoms with van der Waals surface area (Å²) in [4.78, 5) is 23.8. The van der Waals surface area contributed by atoms with Crippen LogP contribution in [0.5, 0.6) is 0 Å². The third-order valence-electron chi connectivity index (χ3n) is 5.16. The molecule has 6 nitrogen and oxygen atoms in total. The maximum absolute atomic E-state index is 13.2. The molecule has 0 atom stereocenters. The molecule has 0 spiro atoms. The van der Waals surface area contributed by atoms with Gasteiger partial charge < -0.3 is 9.72 Å². The SMILES string of the molecule is O=c1[nH]c2cnc3ccc(-c4ccc(F)nc4)cc3c2n1C1CCOCC1. The molecule has 0 aliphatic carbocycles. The first-order valence-electron chi connectivity index (χ1n) is 8.93. The number of halogens is 1. The summed E-state index contributed by atoms with van der Waals surface area (Å²) in [6.07, 6.45) is 4.82. The number of hydrogen-bond acceptors (Lipinski definition) is 4. The van der Waals surface area contributed by atoms with E-state index in [9.17, 15) is 9.18 Å². The number of pyridine rings is 2. The lowest BCUT2D eigenvalue weighted by atomic mass is 10.0. The van der Waals surface area contributed by atoms with Crippen LogP contribution in [0.2, 0.25) is 0 Å². The van der Waals surface area contributed by atoms with Crippen LogP contribution < -0.4 is 5.69 Å². The molecule has 136 valence electrons. The van der Waals surface area contributed by atoms with Gasteiger partial charge in [-0.1, -0.05) is 6.07 Å². The summed E-state index contributed by atoms with van der Waals surface area (Å²) < 4.78 is 20.4. The van der Waals surface area contributed by atoms with Crippen molar-refractivity contribution < 1.29 is 9.13 Å². The topological polar surface area (TPSA) is 72.8 Å². The van der Waals surface area contributed by atoms with Crippen LogP contribution in [0.1, 0.15) is 18.9 Å². The van der Waals surface area contributed by atoms with Gasteiger partial charge in [0.05, 0.1) is 22.7 Å². The molecule has 1 fully saturated rings. The number of fused-ring (bicyclic) bond motifs is 3. The fourth-order valence-corrected chi connectivity index (χ4v) is 3.82. The van der Waals surface area contributed by atoms with Crippen LogP contribution in [0.25, 0.3) is 33.1 Å². The highest BCUT2D eigenvalue weighted by Crippen LogP contribution is 2.30. The van der Waals surface area contributed by atoms with Crippen molar-refractivity contribution in [2.24, 2.45) is 0 Å². The quantitative estimate of drug-likeness (QED) is 0.553. The molecule has 1 aromatic carbocycles. The predicted molar refractivity (Wildman–Crippen MR) is 100 cm³/mol. The van der Waals surface area contributed by atoms with E-state index < -0.39 is 5.95 Å². The van der Waals surface area contributed by atoms with Crippen molar-refractivity contribution in [2.45, 2.75) is 18.9 Å². The van der Waals surface area contributed by atoms with Gasteiger partial charge in [-0.3, -0.25) is 9.55 Å². The molecule has 4 heterocycles. The van der Waals surface area contributed by atoms with Gasteiger partial charge in [0.25, 0.3) is 0 Å². The summed E-state index contributed by atoms with van der Waals surface area (Å²) in [5.74, 6) is -0.511. The van der Waals surface area contributed by atoms with E-state index in [2.05, 4.69) is 15.0 Å². The maximum Gasteiger partial charge on any atom is 0.326 e. The molecule has 0 bridgehead atoms. The van der Waals surface area contributed by atoms with E-state index in [1.54, 1.807) is 12.3 Å². The second kappa shape index (κ2) is 6.28. The third kappa shape index (κ3) is 2.71. The molecule has 1 aliphatic heterocycles. The fraction of sp³-hybridized carbons (Fsp3) is 0.250. The molecule has 0 saturated carbocycles. The Morgan fingerprint density at radius 1 is 1.07 bits per heavy atom. The van der Waals surface area contributed by atoms with Gasteiger partial charge >= 0.3 is 5.69 Å². The molecule has 7 heteroatoms. The van der Waals surface area contributed by atoms with Gasteiger partial charge in [-0.15, -0.1) is 0 Å². The van der Waals surface area contributed by atoms with E-state index in [-0.39, 0.29) is 11.7 Å². The van der Waals surface area contributed by atoms with Crippen LogP contribution in [-0.2, 0) is 4.74 Å². The zero-order valence-electron chi connectivity index (χ0n) is 14.5. The molecular weight excluding hydrogens is 347 g/mol. The summed E-state index contributed by atoms with van der Waals surface area (Å²) in [6.45, 7) is 1.30. The fourth-order valence-electron chi connectivity index (χ4n) is 3.82. The summed E-state index contributed by atoms with van der Waals surface area (Å²) in [5, 5.41) is 0.888. The largest absolute Gasteiger partial charge is 0.381 e. The summed E-state index contributed by atoms with van der Waals surface area (Å²) in [5.41, 5.74) is 3.96. The number of nitrogens with one attached hydrogen (secondary N) is 1. The van der Waals surface area contributed by atoms with Crippen LogP contribution in [0, 0.1) is 5.95 Å². The predicted octanol–water partition coefficient (Wildman–Crippen LogP) is 3.43. The molecule has 4 aromatic rings. The van der Waals surface area contributed by atoms with Crippen molar-refractivity contribution in [3.63, 3.8) is 0 Å².